The molecule has 4 rings (SSSR count). The van der Waals surface area contributed by atoms with Crippen LogP contribution in [-0.2, 0) is 16.0 Å². The monoisotopic (exact) mass is 486 g/mol. The van der Waals surface area contributed by atoms with Crippen molar-refractivity contribution in [3.8, 4) is 0 Å². The molecule has 0 radical (unpaired) electrons. The van der Waals surface area contributed by atoms with Crippen LogP contribution in [0.4, 0.5) is 11.4 Å². The van der Waals surface area contributed by atoms with Gasteiger partial charge in [-0.25, -0.2) is 4.99 Å². The van der Waals surface area contributed by atoms with E-state index in [0.29, 0.717) is 23.9 Å². The number of nitrogens with zero attached hydrogens (tertiary/aromatic N) is 3. The highest BCUT2D eigenvalue weighted by Crippen LogP contribution is 2.33. The van der Waals surface area contributed by atoms with Crippen LogP contribution in [-0.4, -0.2) is 50.0 Å². The Balaban J connectivity index is 1.57. The Labute approximate surface area is 205 Å². The molecule has 176 valence electrons. The second-order valence-electron chi connectivity index (χ2n) is 8.59. The second-order valence-corrected chi connectivity index (χ2v) is 9.70. The summed E-state index contributed by atoms with van der Waals surface area (Å²) < 4.78 is 5.49. The number of morpholine rings is 1. The summed E-state index contributed by atoms with van der Waals surface area (Å²) in [6.07, 6.45) is 4.87. The van der Waals surface area contributed by atoms with Crippen LogP contribution in [0.5, 0.6) is 0 Å². The Morgan fingerprint density at radius 2 is 2.06 bits per heavy atom. The molecule has 2 fully saturated rings. The van der Waals surface area contributed by atoms with Gasteiger partial charge < -0.3 is 14.5 Å². The van der Waals surface area contributed by atoms with E-state index >= 15 is 0 Å². The fourth-order valence-electron chi connectivity index (χ4n) is 4.18. The number of carbonyl (C=O) groups excluding carboxylic acids is 1. The quantitative estimate of drug-likeness (QED) is 0.246. The lowest BCUT2D eigenvalue weighted by atomic mass is 9.83. The van der Waals surface area contributed by atoms with Crippen molar-refractivity contribution >= 4 is 47.2 Å². The normalized spacial score (nSPS) is 17.1. The van der Waals surface area contributed by atoms with E-state index in [1.54, 1.807) is 4.90 Å². The molecular formula is C25H31ClN4O2S. The molecular weight excluding hydrogens is 456 g/mol. The van der Waals surface area contributed by atoms with E-state index in [9.17, 15) is 4.79 Å². The summed E-state index contributed by atoms with van der Waals surface area (Å²) in [7, 11) is 0. The van der Waals surface area contributed by atoms with Crippen LogP contribution >= 0.6 is 23.5 Å². The zero-order chi connectivity index (χ0) is 23.2. The maximum absolute atomic E-state index is 12.2. The Bertz CT molecular complexity index is 1010. The molecule has 8 heteroatoms. The van der Waals surface area contributed by atoms with E-state index in [2.05, 4.69) is 30.0 Å². The van der Waals surface area contributed by atoms with Crippen LogP contribution in [0, 0.1) is 12.8 Å². The fraction of sp³-hybridized carbons (Fsp3) is 0.440. The second kappa shape index (κ2) is 11.4. The summed E-state index contributed by atoms with van der Waals surface area (Å²) >= 11 is 7.61. The highest BCUT2D eigenvalue weighted by Gasteiger charge is 2.28. The average molecular weight is 487 g/mol. The molecule has 0 aromatic heterocycles. The Kier molecular flexibility index (Phi) is 8.30. The first-order valence-electron chi connectivity index (χ1n) is 11.5. The van der Waals surface area contributed by atoms with Crippen LogP contribution in [0.15, 0.2) is 46.3 Å². The van der Waals surface area contributed by atoms with Crippen molar-refractivity contribution in [3.05, 3.63) is 52.5 Å². The minimum atomic E-state index is 0.313. The molecule has 6 nitrogen and oxygen atoms in total. The van der Waals surface area contributed by atoms with Gasteiger partial charge in [0, 0.05) is 41.2 Å². The summed E-state index contributed by atoms with van der Waals surface area (Å²) in [5.74, 6) is 1.18. The molecule has 1 saturated heterocycles. The molecule has 2 N–H and O–H groups in total. The number of halogens is 1. The van der Waals surface area contributed by atoms with E-state index in [1.807, 2.05) is 18.2 Å². The number of anilines is 1. The van der Waals surface area contributed by atoms with Crippen molar-refractivity contribution in [2.24, 2.45) is 16.0 Å². The maximum Gasteiger partial charge on any atom is 0.215 e. The van der Waals surface area contributed by atoms with E-state index in [4.69, 9.17) is 26.5 Å². The summed E-state index contributed by atoms with van der Waals surface area (Å²) in [5.41, 5.74) is 4.18. The standard InChI is InChI=1S/C25H31ClN4O2S/c1-18-5-7-21(29-11-13-32-14-12-29)15-24(18)28-25(20-3-2-4-20)30(17-31)10-9-19-6-8-22(33-27)16-23(19)26/h5-8,15-17,20H,2-4,9-14,27H2,1H3. The van der Waals surface area contributed by atoms with Crippen molar-refractivity contribution in [2.45, 2.75) is 37.5 Å². The third-order valence-electron chi connectivity index (χ3n) is 6.48. The number of amides is 1. The van der Waals surface area contributed by atoms with Crippen molar-refractivity contribution in [3.63, 3.8) is 0 Å². The summed E-state index contributed by atoms with van der Waals surface area (Å²) in [4.78, 5) is 22.2. The molecule has 0 bridgehead atoms. The van der Waals surface area contributed by atoms with Gasteiger partial charge in [-0.3, -0.25) is 9.93 Å². The molecule has 0 unspecified atom stereocenters. The van der Waals surface area contributed by atoms with E-state index in [0.717, 1.165) is 78.8 Å². The Morgan fingerprint density at radius 3 is 2.70 bits per heavy atom. The van der Waals surface area contributed by atoms with Crippen molar-refractivity contribution in [2.75, 3.05) is 37.7 Å². The number of hydrogen-bond acceptors (Lipinski definition) is 6. The van der Waals surface area contributed by atoms with E-state index in [-0.39, 0.29) is 0 Å². The molecule has 2 aromatic carbocycles. The maximum atomic E-state index is 12.2. The van der Waals surface area contributed by atoms with Crippen LogP contribution in [0.2, 0.25) is 5.02 Å². The Morgan fingerprint density at radius 1 is 1.27 bits per heavy atom. The highest BCUT2D eigenvalue weighted by atomic mass is 35.5. The van der Waals surface area contributed by atoms with Crippen molar-refractivity contribution in [1.29, 1.82) is 0 Å². The molecule has 2 aliphatic rings. The molecule has 0 atom stereocenters. The number of aryl methyl sites for hydroxylation is 1. The number of hydrogen-bond donors (Lipinski definition) is 1. The average Bonchev–Trinajstić information content (AvgIpc) is 2.81. The third-order valence-corrected chi connectivity index (χ3v) is 7.36. The van der Waals surface area contributed by atoms with Gasteiger partial charge in [-0.15, -0.1) is 0 Å². The van der Waals surface area contributed by atoms with Gasteiger partial charge in [0.1, 0.15) is 5.84 Å². The van der Waals surface area contributed by atoms with Gasteiger partial charge in [-0.2, -0.15) is 0 Å². The number of benzene rings is 2. The van der Waals surface area contributed by atoms with Gasteiger partial charge in [-0.05, 0) is 73.5 Å². The minimum absolute atomic E-state index is 0.313. The van der Waals surface area contributed by atoms with Gasteiger partial charge in [0.25, 0.3) is 0 Å². The van der Waals surface area contributed by atoms with Crippen LogP contribution in [0.1, 0.15) is 30.4 Å². The molecule has 1 heterocycles. The van der Waals surface area contributed by atoms with Gasteiger partial charge in [0.05, 0.1) is 18.9 Å². The minimum Gasteiger partial charge on any atom is -0.378 e. The van der Waals surface area contributed by atoms with Gasteiger partial charge in [-0.1, -0.05) is 30.2 Å². The molecule has 1 saturated carbocycles. The van der Waals surface area contributed by atoms with Crippen LogP contribution < -0.4 is 10.0 Å². The lowest BCUT2D eigenvalue weighted by Gasteiger charge is -2.33. The first-order valence-corrected chi connectivity index (χ1v) is 12.7. The lowest BCUT2D eigenvalue weighted by molar-refractivity contribution is -0.115. The molecule has 1 amide bonds. The Hall–Kier alpha value is -2.06. The predicted octanol–water partition coefficient (Wildman–Crippen LogP) is 4.98. The molecule has 0 spiro atoms. The van der Waals surface area contributed by atoms with Crippen molar-refractivity contribution in [1.82, 2.24) is 4.90 Å². The summed E-state index contributed by atoms with van der Waals surface area (Å²) in [5, 5.41) is 6.30. The van der Waals surface area contributed by atoms with Crippen LogP contribution in [0.25, 0.3) is 0 Å². The molecule has 2 aromatic rings. The topological polar surface area (TPSA) is 71.2 Å². The molecule has 33 heavy (non-hydrogen) atoms. The number of rotatable bonds is 8. The molecule has 1 aliphatic carbocycles. The van der Waals surface area contributed by atoms with E-state index < -0.39 is 0 Å². The molecule has 1 aliphatic heterocycles. The third kappa shape index (κ3) is 5.90. The number of carbonyl (C=O) groups is 1. The number of ether oxygens (including phenoxy) is 1. The number of nitrogens with two attached hydrogens (primary N) is 1. The largest absolute Gasteiger partial charge is 0.378 e. The zero-order valence-electron chi connectivity index (χ0n) is 19.0. The number of amidine groups is 1. The zero-order valence-corrected chi connectivity index (χ0v) is 20.6. The highest BCUT2D eigenvalue weighted by molar-refractivity contribution is 7.97. The fourth-order valence-corrected chi connectivity index (χ4v) is 4.85. The van der Waals surface area contributed by atoms with Gasteiger partial charge in [0.15, 0.2) is 0 Å². The number of aliphatic imine (C=N–C) groups is 1. The SMILES string of the molecule is Cc1ccc(N2CCOCC2)cc1N=C(C1CCC1)N(C=O)CCc1ccc(SN)cc1Cl. The first-order chi connectivity index (χ1) is 16.1. The van der Waals surface area contributed by atoms with Gasteiger partial charge >= 0.3 is 0 Å². The first kappa shape index (κ1) is 24.1. The lowest BCUT2D eigenvalue weighted by Crippen LogP contribution is -2.39. The summed E-state index contributed by atoms with van der Waals surface area (Å²) in [6, 6.07) is 12.2. The van der Waals surface area contributed by atoms with Crippen molar-refractivity contribution < 1.29 is 9.53 Å². The van der Waals surface area contributed by atoms with Gasteiger partial charge in [0.2, 0.25) is 6.41 Å². The van der Waals surface area contributed by atoms with E-state index in [1.165, 1.54) is 18.4 Å². The predicted molar refractivity (Wildman–Crippen MR) is 137 cm³/mol. The van der Waals surface area contributed by atoms with Crippen LogP contribution in [0.3, 0.4) is 0 Å². The smallest absolute Gasteiger partial charge is 0.215 e. The summed E-state index contributed by atoms with van der Waals surface area (Å²) in [6.45, 7) is 5.85.